The first-order valence-electron chi connectivity index (χ1n) is 10.7. The van der Waals surface area contributed by atoms with E-state index in [0.29, 0.717) is 5.92 Å². The Labute approximate surface area is 164 Å². The maximum absolute atomic E-state index is 12.2. The molecule has 4 nitrogen and oxygen atoms in total. The van der Waals surface area contributed by atoms with Gasteiger partial charge in [-0.2, -0.15) is 5.10 Å². The third-order valence-electron chi connectivity index (χ3n) is 5.17. The summed E-state index contributed by atoms with van der Waals surface area (Å²) in [5.74, 6) is 0.953. The number of hydrazone groups is 1. The molecule has 0 atom stereocenters. The van der Waals surface area contributed by atoms with Crippen LogP contribution in [0.5, 0.6) is 5.75 Å². The van der Waals surface area contributed by atoms with Crippen molar-refractivity contribution in [2.75, 3.05) is 6.61 Å². The van der Waals surface area contributed by atoms with E-state index in [1.807, 2.05) is 24.3 Å². The second-order valence-corrected chi connectivity index (χ2v) is 7.88. The van der Waals surface area contributed by atoms with Crippen LogP contribution < -0.4 is 10.2 Å². The number of ether oxygens (including phenoxy) is 1. The minimum atomic E-state index is -0.188. The Bertz CT molecular complexity index is 582. The Hall–Kier alpha value is -1.84. The molecule has 4 heteroatoms. The lowest BCUT2D eigenvalue weighted by Gasteiger charge is -2.13. The van der Waals surface area contributed by atoms with Gasteiger partial charge in [-0.15, -0.1) is 0 Å². The molecule has 0 saturated heterocycles. The van der Waals surface area contributed by atoms with E-state index in [1.165, 1.54) is 57.8 Å². The first-order chi connectivity index (χ1) is 13.2. The molecule has 0 aliphatic heterocycles. The molecule has 0 unspecified atom stereocenters. The van der Waals surface area contributed by atoms with Crippen molar-refractivity contribution >= 4 is 11.6 Å². The maximum Gasteiger partial charge on any atom is 0.277 e. The number of hydrogen-bond donors (Lipinski definition) is 1. The number of para-hydroxylation sites is 1. The highest BCUT2D eigenvalue weighted by Crippen LogP contribution is 2.25. The van der Waals surface area contributed by atoms with E-state index < -0.39 is 0 Å². The van der Waals surface area contributed by atoms with Gasteiger partial charge in [-0.25, -0.2) is 5.43 Å². The predicted octanol–water partition coefficient (Wildman–Crippen LogP) is 5.97. The lowest BCUT2D eigenvalue weighted by molar-refractivity contribution is -0.123. The van der Waals surface area contributed by atoms with E-state index in [4.69, 9.17) is 4.74 Å². The molecule has 0 heterocycles. The van der Waals surface area contributed by atoms with Crippen molar-refractivity contribution in [1.29, 1.82) is 0 Å². The summed E-state index contributed by atoms with van der Waals surface area (Å²) in [6.45, 7) is 4.25. The van der Waals surface area contributed by atoms with Gasteiger partial charge in [0, 0.05) is 5.71 Å². The van der Waals surface area contributed by atoms with Gasteiger partial charge in [-0.3, -0.25) is 4.79 Å². The van der Waals surface area contributed by atoms with Gasteiger partial charge in [0.25, 0.3) is 5.91 Å². The summed E-state index contributed by atoms with van der Waals surface area (Å²) in [5, 5.41) is 4.42. The van der Waals surface area contributed by atoms with Crippen LogP contribution in [-0.4, -0.2) is 18.2 Å². The molecule has 1 aliphatic rings. The van der Waals surface area contributed by atoms with Crippen LogP contribution in [0.25, 0.3) is 0 Å². The highest BCUT2D eigenvalue weighted by Gasteiger charge is 2.09. The van der Waals surface area contributed by atoms with Crippen LogP contribution in [0.3, 0.4) is 0 Å². The first kappa shape index (κ1) is 21.5. The molecule has 27 heavy (non-hydrogen) atoms. The van der Waals surface area contributed by atoms with E-state index in [-0.39, 0.29) is 12.5 Å². The third kappa shape index (κ3) is 8.59. The summed E-state index contributed by atoms with van der Waals surface area (Å²) in [6, 6.07) is 7.90. The highest BCUT2D eigenvalue weighted by atomic mass is 16.5. The van der Waals surface area contributed by atoms with Gasteiger partial charge in [0.15, 0.2) is 6.61 Å². The maximum atomic E-state index is 12.2. The third-order valence-corrected chi connectivity index (χ3v) is 5.17. The lowest BCUT2D eigenvalue weighted by atomic mass is 10.00. The molecule has 0 aromatic heterocycles. The van der Waals surface area contributed by atoms with Crippen molar-refractivity contribution in [3.63, 3.8) is 0 Å². The summed E-state index contributed by atoms with van der Waals surface area (Å²) in [4.78, 5) is 12.2. The minimum Gasteiger partial charge on any atom is -0.483 e. The molecule has 150 valence electrons. The molecule has 1 saturated carbocycles. The molecular formula is C23H36N2O2. The van der Waals surface area contributed by atoms with Crippen LogP contribution in [0.1, 0.15) is 96.0 Å². The van der Waals surface area contributed by atoms with Gasteiger partial charge in [0.1, 0.15) is 5.75 Å². The van der Waals surface area contributed by atoms with Crippen LogP contribution in [0.4, 0.5) is 0 Å². The summed E-state index contributed by atoms with van der Waals surface area (Å²) < 4.78 is 5.73. The van der Waals surface area contributed by atoms with Gasteiger partial charge < -0.3 is 4.74 Å². The Kier molecular flexibility index (Phi) is 9.96. The fraction of sp³-hybridized carbons (Fsp3) is 0.652. The predicted molar refractivity (Wildman–Crippen MR) is 112 cm³/mol. The summed E-state index contributed by atoms with van der Waals surface area (Å²) in [6.07, 6.45) is 13.6. The summed E-state index contributed by atoms with van der Waals surface area (Å²) >= 11 is 0. The van der Waals surface area contributed by atoms with Crippen molar-refractivity contribution in [3.05, 3.63) is 29.8 Å². The molecule has 0 bridgehead atoms. The van der Waals surface area contributed by atoms with Crippen molar-refractivity contribution in [3.8, 4) is 5.75 Å². The van der Waals surface area contributed by atoms with Crippen molar-refractivity contribution < 1.29 is 9.53 Å². The van der Waals surface area contributed by atoms with Gasteiger partial charge in [0.05, 0.1) is 0 Å². The fourth-order valence-electron chi connectivity index (χ4n) is 3.54. The first-order valence-corrected chi connectivity index (χ1v) is 10.7. The topological polar surface area (TPSA) is 50.7 Å². The number of carbonyl (C=O) groups excluding carboxylic acids is 1. The number of rotatable bonds is 5. The van der Waals surface area contributed by atoms with Crippen LogP contribution in [0.15, 0.2) is 29.4 Å². The number of nitrogens with zero attached hydrogens (tertiary/aromatic N) is 1. The van der Waals surface area contributed by atoms with E-state index in [2.05, 4.69) is 24.4 Å². The lowest BCUT2D eigenvalue weighted by Crippen LogP contribution is -2.26. The van der Waals surface area contributed by atoms with Gasteiger partial charge in [-0.1, -0.05) is 77.0 Å². The average Bonchev–Trinajstić information content (AvgIpc) is 2.66. The van der Waals surface area contributed by atoms with Crippen molar-refractivity contribution in [2.24, 2.45) is 5.10 Å². The molecule has 0 spiro atoms. The largest absolute Gasteiger partial charge is 0.483 e. The quantitative estimate of drug-likeness (QED) is 0.648. The Morgan fingerprint density at radius 1 is 0.963 bits per heavy atom. The zero-order valence-electron chi connectivity index (χ0n) is 17.1. The fourth-order valence-corrected chi connectivity index (χ4v) is 3.54. The second kappa shape index (κ2) is 12.5. The zero-order valence-corrected chi connectivity index (χ0v) is 17.1. The number of amides is 1. The number of benzene rings is 1. The Morgan fingerprint density at radius 2 is 1.52 bits per heavy atom. The molecule has 1 N–H and O–H groups in total. The van der Waals surface area contributed by atoms with Gasteiger partial charge in [0.2, 0.25) is 0 Å². The smallest absolute Gasteiger partial charge is 0.277 e. The average molecular weight is 373 g/mol. The van der Waals surface area contributed by atoms with Crippen LogP contribution in [0, 0.1) is 0 Å². The summed E-state index contributed by atoms with van der Waals surface area (Å²) in [7, 11) is 0. The van der Waals surface area contributed by atoms with E-state index in [1.54, 1.807) is 0 Å². The highest BCUT2D eigenvalue weighted by molar-refractivity contribution is 5.86. The molecule has 2 rings (SSSR count). The summed E-state index contributed by atoms with van der Waals surface area (Å²) in [5.41, 5.74) is 4.96. The number of hydrogen-bond acceptors (Lipinski definition) is 3. The molecule has 1 aromatic rings. The molecule has 1 amide bonds. The molecule has 1 aliphatic carbocycles. The van der Waals surface area contributed by atoms with E-state index >= 15 is 0 Å². The minimum absolute atomic E-state index is 0.000509. The standard InChI is InChI=1S/C23H36N2O2/c1-19(2)21-16-12-13-17-22(21)27-18-23(26)25-24-20-14-10-8-6-4-3-5-7-9-11-15-20/h12-13,16-17,19H,3-11,14-15,18H2,1-2H3,(H,25,26). The van der Waals surface area contributed by atoms with E-state index in [9.17, 15) is 4.79 Å². The van der Waals surface area contributed by atoms with Gasteiger partial charge in [-0.05, 0) is 43.2 Å². The van der Waals surface area contributed by atoms with Crippen LogP contribution in [0.2, 0.25) is 0 Å². The van der Waals surface area contributed by atoms with E-state index in [0.717, 1.165) is 29.9 Å². The second-order valence-electron chi connectivity index (χ2n) is 7.88. The Balaban J connectivity index is 1.82. The number of carbonyl (C=O) groups is 1. The monoisotopic (exact) mass is 372 g/mol. The van der Waals surface area contributed by atoms with Crippen LogP contribution >= 0.6 is 0 Å². The van der Waals surface area contributed by atoms with Gasteiger partial charge >= 0.3 is 0 Å². The molecular weight excluding hydrogens is 336 g/mol. The molecule has 1 aromatic carbocycles. The normalized spacial score (nSPS) is 16.9. The van der Waals surface area contributed by atoms with Crippen LogP contribution in [-0.2, 0) is 4.79 Å². The SMILES string of the molecule is CC(C)c1ccccc1OCC(=O)NN=C1CCCCCCCCCCC1. The van der Waals surface area contributed by atoms with Crippen molar-refractivity contribution in [2.45, 2.75) is 90.4 Å². The molecule has 1 fully saturated rings. The molecule has 0 radical (unpaired) electrons. The zero-order chi connectivity index (χ0) is 19.3. The van der Waals surface area contributed by atoms with Crippen molar-refractivity contribution in [1.82, 2.24) is 5.43 Å². The Morgan fingerprint density at radius 3 is 2.11 bits per heavy atom. The number of nitrogens with one attached hydrogen (secondary N) is 1.